The first-order valence-electron chi connectivity index (χ1n) is 9.95. The number of nitrogens with zero attached hydrogens (tertiary/aromatic N) is 2. The summed E-state index contributed by atoms with van der Waals surface area (Å²) in [5, 5.41) is 14.4. The molecule has 0 aliphatic rings. The molecule has 4 aromatic rings. The fourth-order valence-corrected chi connectivity index (χ4v) is 3.41. The van der Waals surface area contributed by atoms with Gasteiger partial charge in [0.15, 0.2) is 6.04 Å². The summed E-state index contributed by atoms with van der Waals surface area (Å²) >= 11 is 6.11. The summed E-state index contributed by atoms with van der Waals surface area (Å²) in [7, 11) is 0. The van der Waals surface area contributed by atoms with Crippen LogP contribution in [0, 0.1) is 0 Å². The summed E-state index contributed by atoms with van der Waals surface area (Å²) < 4.78 is 0. The fourth-order valence-electron chi connectivity index (χ4n) is 3.23. The Labute approximate surface area is 193 Å². The van der Waals surface area contributed by atoms with Crippen LogP contribution in [0.3, 0.4) is 0 Å². The van der Waals surface area contributed by atoms with Crippen molar-refractivity contribution < 1.29 is 9.59 Å². The standard InChI is InChI=1S/C24H18ClN5O3/c25-19-13-7-4-10-16(19)14-26-29-24(33)21(27-22(31)15-8-2-1-3-9-15)20-17-11-5-6-12-18(17)23(32)30-28-20/h1-14,21H,(H,27,31)(H,29,33)(H,30,32)/b26-14+/t21-/m1/s1. The van der Waals surface area contributed by atoms with Gasteiger partial charge in [-0.15, -0.1) is 0 Å². The zero-order valence-electron chi connectivity index (χ0n) is 17.2. The van der Waals surface area contributed by atoms with E-state index < -0.39 is 23.4 Å². The van der Waals surface area contributed by atoms with Crippen LogP contribution in [-0.2, 0) is 4.79 Å². The molecule has 0 fully saturated rings. The van der Waals surface area contributed by atoms with Crippen LogP contribution in [0.25, 0.3) is 10.8 Å². The van der Waals surface area contributed by atoms with Gasteiger partial charge in [0.2, 0.25) is 0 Å². The molecule has 4 rings (SSSR count). The number of H-pyrrole nitrogens is 1. The lowest BCUT2D eigenvalue weighted by atomic mass is 10.0. The van der Waals surface area contributed by atoms with Crippen molar-refractivity contribution >= 4 is 40.4 Å². The van der Waals surface area contributed by atoms with Crippen molar-refractivity contribution in [2.75, 3.05) is 0 Å². The Balaban J connectivity index is 1.68. The average molecular weight is 460 g/mol. The second-order valence-electron chi connectivity index (χ2n) is 7.01. The summed E-state index contributed by atoms with van der Waals surface area (Å²) in [6, 6.07) is 20.9. The molecule has 1 atom stereocenters. The van der Waals surface area contributed by atoms with Gasteiger partial charge in [-0.3, -0.25) is 14.4 Å². The highest BCUT2D eigenvalue weighted by Gasteiger charge is 2.27. The van der Waals surface area contributed by atoms with Crippen LogP contribution in [0.1, 0.15) is 27.7 Å². The molecular weight excluding hydrogens is 442 g/mol. The first-order valence-corrected chi connectivity index (χ1v) is 10.3. The van der Waals surface area contributed by atoms with Gasteiger partial charge in [-0.2, -0.15) is 10.2 Å². The van der Waals surface area contributed by atoms with Crippen molar-refractivity contribution in [3.8, 4) is 0 Å². The summed E-state index contributed by atoms with van der Waals surface area (Å²) in [4.78, 5) is 38.1. The Bertz CT molecular complexity index is 1400. The highest BCUT2D eigenvalue weighted by Crippen LogP contribution is 2.20. The highest BCUT2D eigenvalue weighted by molar-refractivity contribution is 6.33. The van der Waals surface area contributed by atoms with Crippen LogP contribution in [0.4, 0.5) is 0 Å². The smallest absolute Gasteiger partial charge is 0.272 e. The highest BCUT2D eigenvalue weighted by atomic mass is 35.5. The molecule has 0 radical (unpaired) electrons. The number of carbonyl (C=O) groups excluding carboxylic acids is 2. The quantitative estimate of drug-likeness (QED) is 0.303. The lowest BCUT2D eigenvalue weighted by Gasteiger charge is -2.18. The monoisotopic (exact) mass is 459 g/mol. The van der Waals surface area contributed by atoms with E-state index in [2.05, 4.69) is 26.0 Å². The van der Waals surface area contributed by atoms with E-state index in [4.69, 9.17) is 11.6 Å². The summed E-state index contributed by atoms with van der Waals surface area (Å²) in [5.41, 5.74) is 3.17. The fraction of sp³-hybridized carbons (Fsp3) is 0.0417. The Morgan fingerprint density at radius 3 is 2.36 bits per heavy atom. The van der Waals surface area contributed by atoms with Gasteiger partial charge in [-0.25, -0.2) is 10.5 Å². The van der Waals surface area contributed by atoms with Crippen molar-refractivity contribution in [3.05, 3.63) is 111 Å². The first kappa shape index (κ1) is 21.9. The minimum absolute atomic E-state index is 0.180. The van der Waals surface area contributed by atoms with Crippen molar-refractivity contribution in [2.45, 2.75) is 6.04 Å². The van der Waals surface area contributed by atoms with Gasteiger partial charge >= 0.3 is 0 Å². The van der Waals surface area contributed by atoms with E-state index in [-0.39, 0.29) is 5.69 Å². The number of amides is 2. The molecule has 0 spiro atoms. The third-order valence-corrected chi connectivity index (χ3v) is 5.20. The molecule has 0 bridgehead atoms. The van der Waals surface area contributed by atoms with Gasteiger partial charge in [0.25, 0.3) is 17.4 Å². The van der Waals surface area contributed by atoms with Crippen LogP contribution in [0.5, 0.6) is 0 Å². The molecule has 2 amide bonds. The molecule has 33 heavy (non-hydrogen) atoms. The maximum Gasteiger partial charge on any atom is 0.272 e. The third kappa shape index (κ3) is 4.97. The predicted molar refractivity (Wildman–Crippen MR) is 126 cm³/mol. The molecule has 0 saturated heterocycles. The van der Waals surface area contributed by atoms with Gasteiger partial charge < -0.3 is 5.32 Å². The maximum atomic E-state index is 13.1. The molecule has 0 unspecified atom stereocenters. The van der Waals surface area contributed by atoms with Gasteiger partial charge in [0.05, 0.1) is 11.6 Å². The van der Waals surface area contributed by atoms with Crippen LogP contribution in [-0.4, -0.2) is 28.2 Å². The minimum atomic E-state index is -1.23. The maximum absolute atomic E-state index is 13.1. The van der Waals surface area contributed by atoms with Crippen LogP contribution < -0.4 is 16.3 Å². The second-order valence-corrected chi connectivity index (χ2v) is 7.42. The van der Waals surface area contributed by atoms with E-state index in [1.807, 2.05) is 0 Å². The number of nitrogens with one attached hydrogen (secondary N) is 3. The zero-order chi connectivity index (χ0) is 23.2. The van der Waals surface area contributed by atoms with Gasteiger partial charge in [-0.05, 0) is 24.3 Å². The Morgan fingerprint density at radius 1 is 0.939 bits per heavy atom. The Hall–Kier alpha value is -4.30. The molecular formula is C24H18ClN5O3. The topological polar surface area (TPSA) is 116 Å². The molecule has 1 aromatic heterocycles. The van der Waals surface area contributed by atoms with E-state index in [0.717, 1.165) is 0 Å². The zero-order valence-corrected chi connectivity index (χ0v) is 17.9. The molecule has 9 heteroatoms. The number of rotatable bonds is 6. The number of fused-ring (bicyclic) bond motifs is 1. The summed E-state index contributed by atoms with van der Waals surface area (Å²) in [5.74, 6) is -1.13. The van der Waals surface area contributed by atoms with Crippen LogP contribution >= 0.6 is 11.6 Å². The number of aromatic amines is 1. The lowest BCUT2D eigenvalue weighted by Crippen LogP contribution is -2.40. The van der Waals surface area contributed by atoms with Crippen molar-refractivity contribution in [2.24, 2.45) is 5.10 Å². The molecule has 3 N–H and O–H groups in total. The van der Waals surface area contributed by atoms with Crippen LogP contribution in [0.2, 0.25) is 5.02 Å². The van der Waals surface area contributed by atoms with Gasteiger partial charge in [-0.1, -0.05) is 66.2 Å². The van der Waals surface area contributed by atoms with Crippen molar-refractivity contribution in [1.82, 2.24) is 20.9 Å². The third-order valence-electron chi connectivity index (χ3n) is 4.86. The number of hydrogen-bond acceptors (Lipinski definition) is 5. The molecule has 0 saturated carbocycles. The largest absolute Gasteiger partial charge is 0.335 e. The van der Waals surface area contributed by atoms with Gasteiger partial charge in [0, 0.05) is 21.5 Å². The molecule has 3 aromatic carbocycles. The number of halogens is 1. The lowest BCUT2D eigenvalue weighted by molar-refractivity contribution is -0.123. The number of benzene rings is 3. The molecule has 1 heterocycles. The molecule has 0 aliphatic heterocycles. The van der Waals surface area contributed by atoms with E-state index in [0.29, 0.717) is 26.9 Å². The van der Waals surface area contributed by atoms with E-state index in [9.17, 15) is 14.4 Å². The molecule has 0 aliphatic carbocycles. The number of carbonyl (C=O) groups is 2. The summed E-state index contributed by atoms with van der Waals surface area (Å²) in [6.07, 6.45) is 1.40. The van der Waals surface area contributed by atoms with Crippen LogP contribution in [0.15, 0.2) is 88.8 Å². The molecule has 164 valence electrons. The number of aromatic nitrogens is 2. The molecule has 8 nitrogen and oxygen atoms in total. The SMILES string of the molecule is O=C(N[C@@H](C(=O)N/N=C/c1ccccc1Cl)c1n[nH]c(=O)c2ccccc12)c1ccccc1. The normalized spacial score (nSPS) is 11.9. The Morgan fingerprint density at radius 2 is 1.61 bits per heavy atom. The van der Waals surface area contributed by atoms with E-state index in [1.54, 1.807) is 78.9 Å². The minimum Gasteiger partial charge on any atom is -0.335 e. The van der Waals surface area contributed by atoms with Crippen molar-refractivity contribution in [1.29, 1.82) is 0 Å². The Kier molecular flexibility index (Phi) is 6.56. The summed E-state index contributed by atoms with van der Waals surface area (Å²) in [6.45, 7) is 0. The van der Waals surface area contributed by atoms with E-state index >= 15 is 0 Å². The average Bonchev–Trinajstić information content (AvgIpc) is 2.85. The predicted octanol–water partition coefficient (Wildman–Crippen LogP) is 3.20. The number of hydrazone groups is 1. The van der Waals surface area contributed by atoms with E-state index in [1.165, 1.54) is 6.21 Å². The van der Waals surface area contributed by atoms with Crippen molar-refractivity contribution in [3.63, 3.8) is 0 Å². The second kappa shape index (κ2) is 9.88. The number of hydrogen-bond donors (Lipinski definition) is 3. The first-order chi connectivity index (χ1) is 16.0. The van der Waals surface area contributed by atoms with Gasteiger partial charge in [0.1, 0.15) is 5.69 Å².